The Hall–Kier alpha value is -2.63. The van der Waals surface area contributed by atoms with Gasteiger partial charge < -0.3 is 10.1 Å². The number of hydrogen-bond acceptors (Lipinski definition) is 4. The van der Waals surface area contributed by atoms with E-state index in [0.717, 1.165) is 4.90 Å². The normalized spacial score (nSPS) is 23.8. The number of imide groups is 1. The van der Waals surface area contributed by atoms with Crippen LogP contribution < -0.4 is 10.1 Å². The quantitative estimate of drug-likeness (QED) is 0.677. The Balaban J connectivity index is 1.71. The molecule has 0 radical (unpaired) electrons. The minimum absolute atomic E-state index is 0.244. The number of nitrogens with zero attached hydrogens (tertiary/aromatic N) is 1. The smallest absolute Gasteiger partial charge is 0.247 e. The summed E-state index contributed by atoms with van der Waals surface area (Å²) in [6.45, 7) is 1.58. The highest BCUT2D eigenvalue weighted by atomic mass is 16.5. The van der Waals surface area contributed by atoms with Gasteiger partial charge in [-0.25, -0.2) is 0 Å². The molecule has 0 unspecified atom stereocenters. The Bertz CT molecular complexity index is 669. The lowest BCUT2D eigenvalue weighted by atomic mass is 9.85. The highest BCUT2D eigenvalue weighted by Gasteiger charge is 2.50. The number of carbonyl (C=O) groups excluding carboxylic acids is 3. The third-order valence-electron chi connectivity index (χ3n) is 4.67. The molecule has 2 aliphatic rings. The van der Waals surface area contributed by atoms with Crippen molar-refractivity contribution >= 4 is 23.4 Å². The van der Waals surface area contributed by atoms with Crippen molar-refractivity contribution in [3.63, 3.8) is 0 Å². The summed E-state index contributed by atoms with van der Waals surface area (Å²) in [4.78, 5) is 38.6. The van der Waals surface area contributed by atoms with Crippen molar-refractivity contribution in [3.05, 3.63) is 36.4 Å². The number of ether oxygens (including phenoxy) is 1. The Morgan fingerprint density at radius 3 is 2.17 bits per heavy atom. The monoisotopic (exact) mass is 328 g/mol. The van der Waals surface area contributed by atoms with E-state index >= 15 is 0 Å². The number of allylic oxidation sites excluding steroid dienone is 2. The second-order valence-corrected chi connectivity index (χ2v) is 6.10. The van der Waals surface area contributed by atoms with Crippen molar-refractivity contribution in [2.75, 3.05) is 12.4 Å². The molecule has 1 aromatic carbocycles. The van der Waals surface area contributed by atoms with Crippen LogP contribution >= 0.6 is 0 Å². The Morgan fingerprint density at radius 2 is 1.67 bits per heavy atom. The van der Waals surface area contributed by atoms with E-state index in [1.165, 1.54) is 0 Å². The lowest BCUT2D eigenvalue weighted by molar-refractivity contribution is -0.146. The Kier molecular flexibility index (Phi) is 4.38. The van der Waals surface area contributed by atoms with Gasteiger partial charge in [0.05, 0.1) is 18.9 Å². The molecule has 3 amide bonds. The van der Waals surface area contributed by atoms with Crippen molar-refractivity contribution in [2.24, 2.45) is 11.8 Å². The van der Waals surface area contributed by atoms with Crippen LogP contribution in [0.1, 0.15) is 19.8 Å². The van der Waals surface area contributed by atoms with Gasteiger partial charge in [0.25, 0.3) is 0 Å². The second-order valence-electron chi connectivity index (χ2n) is 6.10. The van der Waals surface area contributed by atoms with E-state index in [-0.39, 0.29) is 29.6 Å². The van der Waals surface area contributed by atoms with Crippen molar-refractivity contribution in [1.29, 1.82) is 0 Å². The molecule has 6 nitrogen and oxygen atoms in total. The number of methoxy groups -OCH3 is 1. The number of amides is 3. The lowest BCUT2D eigenvalue weighted by Gasteiger charge is -2.22. The molecule has 3 atom stereocenters. The van der Waals surface area contributed by atoms with Gasteiger partial charge >= 0.3 is 0 Å². The zero-order chi connectivity index (χ0) is 17.3. The zero-order valence-corrected chi connectivity index (χ0v) is 13.7. The predicted molar refractivity (Wildman–Crippen MR) is 88.3 cm³/mol. The molecule has 0 aromatic heterocycles. The van der Waals surface area contributed by atoms with Gasteiger partial charge in [0, 0.05) is 5.69 Å². The van der Waals surface area contributed by atoms with Crippen molar-refractivity contribution in [2.45, 2.75) is 25.8 Å². The first-order valence-corrected chi connectivity index (χ1v) is 7.99. The first-order chi connectivity index (χ1) is 11.5. The number of fused-ring (bicyclic) bond motifs is 1. The fraction of sp³-hybridized carbons (Fsp3) is 0.389. The molecule has 1 N–H and O–H groups in total. The Labute approximate surface area is 140 Å². The molecule has 1 aromatic rings. The molecule has 0 bridgehead atoms. The average molecular weight is 328 g/mol. The molecule has 3 rings (SSSR count). The van der Waals surface area contributed by atoms with Crippen LogP contribution in [-0.4, -0.2) is 35.8 Å². The molecule has 1 fully saturated rings. The van der Waals surface area contributed by atoms with Crippen LogP contribution in [0.2, 0.25) is 0 Å². The summed E-state index contributed by atoms with van der Waals surface area (Å²) in [7, 11) is 1.56. The van der Waals surface area contributed by atoms with Crippen LogP contribution in [0.5, 0.6) is 5.75 Å². The molecule has 0 saturated carbocycles. The van der Waals surface area contributed by atoms with Crippen LogP contribution in [0.3, 0.4) is 0 Å². The molecule has 6 heteroatoms. The molecule has 1 aliphatic carbocycles. The van der Waals surface area contributed by atoms with Crippen LogP contribution in [0, 0.1) is 11.8 Å². The molecular weight excluding hydrogens is 308 g/mol. The third-order valence-corrected chi connectivity index (χ3v) is 4.67. The number of anilines is 1. The maximum absolute atomic E-state index is 12.5. The van der Waals surface area contributed by atoms with Gasteiger partial charge in [0.2, 0.25) is 17.7 Å². The summed E-state index contributed by atoms with van der Waals surface area (Å²) in [5.74, 6) is -0.827. The molecule has 126 valence electrons. The summed E-state index contributed by atoms with van der Waals surface area (Å²) in [6.07, 6.45) is 4.99. The van der Waals surface area contributed by atoms with Crippen LogP contribution in [0.25, 0.3) is 0 Å². The van der Waals surface area contributed by atoms with Crippen LogP contribution in [0.4, 0.5) is 5.69 Å². The van der Waals surface area contributed by atoms with E-state index in [0.29, 0.717) is 24.3 Å². The summed E-state index contributed by atoms with van der Waals surface area (Å²) in [5, 5.41) is 2.74. The van der Waals surface area contributed by atoms with E-state index in [4.69, 9.17) is 4.74 Å². The standard InChI is InChI=1S/C18H20N2O4/c1-11(16(21)19-12-7-9-13(24-2)10-8-12)20-17(22)14-5-3-4-6-15(14)18(20)23/h3-4,7-11,14-15H,5-6H2,1-2H3,(H,19,21)/t11-,14+,15+/m0/s1. The van der Waals surface area contributed by atoms with E-state index in [2.05, 4.69) is 5.32 Å². The fourth-order valence-corrected chi connectivity index (χ4v) is 3.25. The largest absolute Gasteiger partial charge is 0.497 e. The topological polar surface area (TPSA) is 75.7 Å². The number of likely N-dealkylation sites (tertiary alicyclic amines) is 1. The van der Waals surface area contributed by atoms with Crippen molar-refractivity contribution < 1.29 is 19.1 Å². The summed E-state index contributed by atoms with van der Waals surface area (Å²) in [5.41, 5.74) is 0.589. The summed E-state index contributed by atoms with van der Waals surface area (Å²) < 4.78 is 5.07. The minimum Gasteiger partial charge on any atom is -0.497 e. The number of hydrogen-bond donors (Lipinski definition) is 1. The summed E-state index contributed by atoms with van der Waals surface area (Å²) in [6, 6.07) is 6.04. The highest BCUT2D eigenvalue weighted by molar-refractivity contribution is 6.10. The van der Waals surface area contributed by atoms with Gasteiger partial charge in [-0.05, 0) is 44.0 Å². The zero-order valence-electron chi connectivity index (χ0n) is 13.7. The fourth-order valence-electron chi connectivity index (χ4n) is 3.25. The first kappa shape index (κ1) is 16.2. The second kappa shape index (κ2) is 6.47. The Morgan fingerprint density at radius 1 is 1.12 bits per heavy atom. The van der Waals surface area contributed by atoms with Crippen LogP contribution in [-0.2, 0) is 14.4 Å². The van der Waals surface area contributed by atoms with E-state index in [9.17, 15) is 14.4 Å². The third kappa shape index (κ3) is 2.79. The average Bonchev–Trinajstić information content (AvgIpc) is 2.86. The molecule has 1 saturated heterocycles. The van der Waals surface area contributed by atoms with E-state index < -0.39 is 6.04 Å². The number of carbonyl (C=O) groups is 3. The van der Waals surface area contributed by atoms with Gasteiger partial charge in [-0.1, -0.05) is 12.2 Å². The lowest BCUT2D eigenvalue weighted by Crippen LogP contribution is -2.46. The highest BCUT2D eigenvalue weighted by Crippen LogP contribution is 2.36. The molecule has 1 aliphatic heterocycles. The molecule has 1 heterocycles. The van der Waals surface area contributed by atoms with Gasteiger partial charge in [-0.15, -0.1) is 0 Å². The predicted octanol–water partition coefficient (Wildman–Crippen LogP) is 1.97. The number of rotatable bonds is 4. The maximum atomic E-state index is 12.5. The minimum atomic E-state index is -0.835. The van der Waals surface area contributed by atoms with Gasteiger partial charge in [0.15, 0.2) is 0 Å². The van der Waals surface area contributed by atoms with E-state index in [1.807, 2.05) is 12.2 Å². The van der Waals surface area contributed by atoms with Gasteiger partial charge in [-0.2, -0.15) is 0 Å². The van der Waals surface area contributed by atoms with E-state index in [1.54, 1.807) is 38.3 Å². The SMILES string of the molecule is COc1ccc(NC(=O)[C@H](C)N2C(=O)[C@@H]3CC=CC[C@H]3C2=O)cc1. The molecular formula is C18H20N2O4. The van der Waals surface area contributed by atoms with Crippen molar-refractivity contribution in [3.8, 4) is 5.75 Å². The number of benzene rings is 1. The first-order valence-electron chi connectivity index (χ1n) is 7.99. The van der Waals surface area contributed by atoms with Gasteiger partial charge in [0.1, 0.15) is 11.8 Å². The molecule has 0 spiro atoms. The van der Waals surface area contributed by atoms with Crippen molar-refractivity contribution in [1.82, 2.24) is 4.90 Å². The van der Waals surface area contributed by atoms with Crippen LogP contribution in [0.15, 0.2) is 36.4 Å². The number of nitrogens with one attached hydrogen (secondary N) is 1. The molecule has 24 heavy (non-hydrogen) atoms. The maximum Gasteiger partial charge on any atom is 0.247 e. The summed E-state index contributed by atoms with van der Waals surface area (Å²) >= 11 is 0. The van der Waals surface area contributed by atoms with Gasteiger partial charge in [-0.3, -0.25) is 19.3 Å².